The van der Waals surface area contributed by atoms with Crippen molar-refractivity contribution in [2.45, 2.75) is 44.0 Å². The van der Waals surface area contributed by atoms with Crippen molar-refractivity contribution in [3.05, 3.63) is 64.8 Å². The van der Waals surface area contributed by atoms with Crippen LogP contribution in [-0.4, -0.2) is 19.4 Å². The lowest BCUT2D eigenvalue weighted by molar-refractivity contribution is 0.555. The van der Waals surface area contributed by atoms with Crippen molar-refractivity contribution in [1.82, 2.24) is 9.71 Å². The molecule has 1 atom stereocenters. The van der Waals surface area contributed by atoms with Gasteiger partial charge in [-0.05, 0) is 55.2 Å². The van der Waals surface area contributed by atoms with Crippen LogP contribution in [0.2, 0.25) is 0 Å². The third-order valence-electron chi connectivity index (χ3n) is 5.01. The highest BCUT2D eigenvalue weighted by Gasteiger charge is 2.29. The molecule has 0 spiro atoms. The zero-order valence-electron chi connectivity index (χ0n) is 14.5. The van der Waals surface area contributed by atoms with E-state index < -0.39 is 10.0 Å². The van der Waals surface area contributed by atoms with Gasteiger partial charge in [0.1, 0.15) is 0 Å². The van der Waals surface area contributed by atoms with Crippen LogP contribution in [0.3, 0.4) is 0 Å². The lowest BCUT2D eigenvalue weighted by Crippen LogP contribution is -2.35. The smallest absolute Gasteiger partial charge is 0.240 e. The molecule has 0 saturated heterocycles. The molecule has 25 heavy (non-hydrogen) atoms. The van der Waals surface area contributed by atoms with E-state index in [9.17, 15) is 8.42 Å². The summed E-state index contributed by atoms with van der Waals surface area (Å²) < 4.78 is 28.2. The number of benzene rings is 2. The van der Waals surface area contributed by atoms with Crippen LogP contribution in [-0.2, 0) is 29.3 Å². The average Bonchev–Trinajstić information content (AvgIpc) is 3.12. The molecule has 0 saturated carbocycles. The first-order valence-corrected chi connectivity index (χ1v) is 10.2. The first-order chi connectivity index (χ1) is 12.0. The Bertz CT molecular complexity index is 1030. The van der Waals surface area contributed by atoms with Crippen LogP contribution in [0.5, 0.6) is 0 Å². The number of hydrogen-bond acceptors (Lipinski definition) is 2. The van der Waals surface area contributed by atoms with Gasteiger partial charge in [0.05, 0.1) is 4.90 Å². The normalized spacial score (nSPS) is 17.1. The third-order valence-corrected chi connectivity index (χ3v) is 6.55. The third kappa shape index (κ3) is 2.98. The number of rotatable bonds is 4. The van der Waals surface area contributed by atoms with Crippen molar-refractivity contribution in [2.24, 2.45) is 0 Å². The van der Waals surface area contributed by atoms with Gasteiger partial charge in [-0.2, -0.15) is 0 Å². The molecule has 1 aliphatic rings. The van der Waals surface area contributed by atoms with Crippen molar-refractivity contribution in [3.8, 4) is 0 Å². The van der Waals surface area contributed by atoms with E-state index in [4.69, 9.17) is 0 Å². The molecule has 0 aliphatic heterocycles. The molecule has 1 heterocycles. The molecule has 0 fully saturated rings. The number of fused-ring (bicyclic) bond motifs is 3. The van der Waals surface area contributed by atoms with Crippen LogP contribution < -0.4 is 4.72 Å². The molecule has 0 radical (unpaired) electrons. The summed E-state index contributed by atoms with van der Waals surface area (Å²) in [6, 6.07) is 13.4. The van der Waals surface area contributed by atoms with Gasteiger partial charge < -0.3 is 4.98 Å². The van der Waals surface area contributed by atoms with E-state index in [1.807, 2.05) is 12.1 Å². The fraction of sp³-hybridized carbons (Fsp3) is 0.300. The Balaban J connectivity index is 1.56. The molecule has 0 bridgehead atoms. The summed E-state index contributed by atoms with van der Waals surface area (Å²) in [4.78, 5) is 3.77. The fourth-order valence-electron chi connectivity index (χ4n) is 3.66. The van der Waals surface area contributed by atoms with Crippen LogP contribution in [0.25, 0.3) is 10.9 Å². The van der Waals surface area contributed by atoms with Gasteiger partial charge >= 0.3 is 0 Å². The van der Waals surface area contributed by atoms with Gasteiger partial charge in [0.2, 0.25) is 10.0 Å². The van der Waals surface area contributed by atoms with Gasteiger partial charge in [0.25, 0.3) is 0 Å². The summed E-state index contributed by atoms with van der Waals surface area (Å²) >= 11 is 0. The van der Waals surface area contributed by atoms with E-state index in [-0.39, 0.29) is 6.04 Å². The van der Waals surface area contributed by atoms with E-state index in [1.165, 1.54) is 16.5 Å². The SMILES string of the molecule is CCc1ccc(S(=O)(=O)NC2Cc3[nH]c4ccc(C)cc4c3C2)cc1. The number of aryl methyl sites for hydroxylation is 2. The second-order valence-electron chi connectivity index (χ2n) is 6.86. The molecule has 2 N–H and O–H groups in total. The first kappa shape index (κ1) is 16.4. The predicted octanol–water partition coefficient (Wildman–Crippen LogP) is 3.48. The molecular formula is C20H22N2O2S. The van der Waals surface area contributed by atoms with Crippen LogP contribution in [0.4, 0.5) is 0 Å². The highest BCUT2D eigenvalue weighted by molar-refractivity contribution is 7.89. The number of aromatic amines is 1. The molecule has 1 aromatic heterocycles. The number of sulfonamides is 1. The first-order valence-electron chi connectivity index (χ1n) is 8.67. The largest absolute Gasteiger partial charge is 0.358 e. The van der Waals surface area contributed by atoms with Gasteiger partial charge in [0.15, 0.2) is 0 Å². The van der Waals surface area contributed by atoms with E-state index in [1.54, 1.807) is 12.1 Å². The minimum absolute atomic E-state index is 0.0954. The standard InChI is InChI=1S/C20H22N2O2S/c1-3-14-5-7-16(8-6-14)25(23,24)22-15-11-18-17-10-13(2)4-9-19(17)21-20(18)12-15/h4-10,15,21-22H,3,11-12H2,1-2H3. The molecule has 130 valence electrons. The Morgan fingerprint density at radius 1 is 1.12 bits per heavy atom. The van der Waals surface area contributed by atoms with Crippen molar-refractivity contribution in [2.75, 3.05) is 0 Å². The summed E-state index contributed by atoms with van der Waals surface area (Å²) in [7, 11) is -3.49. The summed E-state index contributed by atoms with van der Waals surface area (Å²) in [5.74, 6) is 0. The van der Waals surface area contributed by atoms with Crippen molar-refractivity contribution in [3.63, 3.8) is 0 Å². The monoisotopic (exact) mass is 354 g/mol. The maximum Gasteiger partial charge on any atom is 0.240 e. The number of nitrogens with one attached hydrogen (secondary N) is 2. The lowest BCUT2D eigenvalue weighted by Gasteiger charge is -2.13. The molecule has 5 heteroatoms. The summed E-state index contributed by atoms with van der Waals surface area (Å²) in [5, 5.41) is 1.21. The quantitative estimate of drug-likeness (QED) is 0.753. The fourth-order valence-corrected chi connectivity index (χ4v) is 4.90. The average molecular weight is 354 g/mol. The predicted molar refractivity (Wildman–Crippen MR) is 100 cm³/mol. The van der Waals surface area contributed by atoms with Crippen LogP contribution in [0, 0.1) is 6.92 Å². The van der Waals surface area contributed by atoms with Crippen LogP contribution in [0.15, 0.2) is 47.4 Å². The van der Waals surface area contributed by atoms with E-state index in [0.717, 1.165) is 29.6 Å². The van der Waals surface area contributed by atoms with Crippen LogP contribution >= 0.6 is 0 Å². The zero-order chi connectivity index (χ0) is 17.6. The van der Waals surface area contributed by atoms with E-state index >= 15 is 0 Å². The molecule has 3 aromatic rings. The maximum atomic E-state index is 12.7. The summed E-state index contributed by atoms with van der Waals surface area (Å²) in [6.45, 7) is 4.13. The molecule has 4 rings (SSSR count). The van der Waals surface area contributed by atoms with E-state index in [0.29, 0.717) is 11.3 Å². The molecule has 1 aliphatic carbocycles. The Morgan fingerprint density at radius 3 is 2.60 bits per heavy atom. The number of aromatic nitrogens is 1. The highest BCUT2D eigenvalue weighted by atomic mass is 32.2. The number of H-pyrrole nitrogens is 1. The second kappa shape index (κ2) is 6.00. The molecule has 4 nitrogen and oxygen atoms in total. The van der Waals surface area contributed by atoms with Crippen molar-refractivity contribution in [1.29, 1.82) is 0 Å². The Kier molecular flexibility index (Phi) is 3.93. The minimum atomic E-state index is -3.49. The Labute approximate surface area is 148 Å². The second-order valence-corrected chi connectivity index (χ2v) is 8.57. The van der Waals surface area contributed by atoms with Crippen molar-refractivity contribution >= 4 is 20.9 Å². The van der Waals surface area contributed by atoms with Crippen LogP contribution in [0.1, 0.15) is 29.3 Å². The zero-order valence-corrected chi connectivity index (χ0v) is 15.3. The number of hydrogen-bond donors (Lipinski definition) is 2. The van der Waals surface area contributed by atoms with E-state index in [2.05, 4.69) is 41.8 Å². The Morgan fingerprint density at radius 2 is 1.88 bits per heavy atom. The van der Waals surface area contributed by atoms with Gasteiger partial charge in [-0.15, -0.1) is 0 Å². The molecule has 2 aromatic carbocycles. The van der Waals surface area contributed by atoms with Gasteiger partial charge in [-0.3, -0.25) is 0 Å². The van der Waals surface area contributed by atoms with Gasteiger partial charge in [0, 0.05) is 29.1 Å². The summed E-state index contributed by atoms with van der Waals surface area (Å²) in [6.07, 6.45) is 2.33. The Hall–Kier alpha value is -2.11. The minimum Gasteiger partial charge on any atom is -0.358 e. The molecule has 0 amide bonds. The molecule has 1 unspecified atom stereocenters. The topological polar surface area (TPSA) is 62.0 Å². The maximum absolute atomic E-state index is 12.7. The molecular weight excluding hydrogens is 332 g/mol. The summed E-state index contributed by atoms with van der Waals surface area (Å²) in [5.41, 5.74) is 5.88. The highest BCUT2D eigenvalue weighted by Crippen LogP contribution is 2.31. The van der Waals surface area contributed by atoms with Gasteiger partial charge in [-0.1, -0.05) is 30.7 Å². The lowest BCUT2D eigenvalue weighted by atomic mass is 10.1. The van der Waals surface area contributed by atoms with Crippen molar-refractivity contribution < 1.29 is 8.42 Å². The van der Waals surface area contributed by atoms with Gasteiger partial charge in [-0.25, -0.2) is 13.1 Å².